The highest BCUT2D eigenvalue weighted by molar-refractivity contribution is 5.92. The number of anilines is 1. The van der Waals surface area contributed by atoms with Crippen LogP contribution >= 0.6 is 0 Å². The minimum Gasteiger partial charge on any atom is -0.384 e. The van der Waals surface area contributed by atoms with Crippen LogP contribution in [0.5, 0.6) is 0 Å². The molecule has 0 saturated heterocycles. The molecule has 0 bridgehead atoms. The third-order valence-electron chi connectivity index (χ3n) is 3.01. The van der Waals surface area contributed by atoms with E-state index < -0.39 is 0 Å². The predicted molar refractivity (Wildman–Crippen MR) is 83.0 cm³/mol. The average molecular weight is 284 g/mol. The number of hydrogen-bond acceptors (Lipinski definition) is 4. The first kappa shape index (κ1) is 15.0. The number of rotatable bonds is 7. The van der Waals surface area contributed by atoms with Crippen LogP contribution in [0.2, 0.25) is 0 Å². The quantitative estimate of drug-likeness (QED) is 0.767. The lowest BCUT2D eigenvalue weighted by Gasteiger charge is -2.07. The Morgan fingerprint density at radius 2 is 2.10 bits per heavy atom. The van der Waals surface area contributed by atoms with Crippen molar-refractivity contribution in [2.24, 2.45) is 0 Å². The van der Waals surface area contributed by atoms with Crippen LogP contribution in [0.4, 0.5) is 5.69 Å². The van der Waals surface area contributed by atoms with Crippen LogP contribution in [0, 0.1) is 0 Å². The van der Waals surface area contributed by atoms with E-state index in [1.54, 1.807) is 18.5 Å². The first-order valence-corrected chi connectivity index (χ1v) is 7.17. The minimum atomic E-state index is -0.194. The molecule has 0 unspecified atom stereocenters. The summed E-state index contributed by atoms with van der Waals surface area (Å²) in [5.41, 5.74) is 2.17. The molecule has 2 aromatic rings. The maximum Gasteiger partial charge on any atom is 0.270 e. The molecule has 5 nitrogen and oxygen atoms in total. The first-order valence-electron chi connectivity index (χ1n) is 7.17. The highest BCUT2D eigenvalue weighted by Crippen LogP contribution is 2.06. The van der Waals surface area contributed by atoms with Crippen molar-refractivity contribution in [3.05, 3.63) is 54.1 Å². The number of unbranched alkanes of at least 4 members (excludes halogenated alkanes) is 1. The van der Waals surface area contributed by atoms with Gasteiger partial charge in [-0.1, -0.05) is 19.4 Å². The molecule has 0 radical (unpaired) electrons. The maximum atomic E-state index is 12.0. The molecule has 110 valence electrons. The zero-order valence-electron chi connectivity index (χ0n) is 12.2. The van der Waals surface area contributed by atoms with E-state index in [1.807, 2.05) is 24.3 Å². The van der Waals surface area contributed by atoms with Gasteiger partial charge in [0.2, 0.25) is 0 Å². The van der Waals surface area contributed by atoms with Gasteiger partial charge < -0.3 is 10.6 Å². The molecule has 21 heavy (non-hydrogen) atoms. The number of hydrogen-bond donors (Lipinski definition) is 2. The summed E-state index contributed by atoms with van der Waals surface area (Å²) in [5.74, 6) is -0.194. The van der Waals surface area contributed by atoms with Crippen molar-refractivity contribution in [2.75, 3.05) is 11.9 Å². The molecule has 2 rings (SSSR count). The molecule has 2 aromatic heterocycles. The second-order valence-corrected chi connectivity index (χ2v) is 4.72. The lowest BCUT2D eigenvalue weighted by molar-refractivity contribution is 0.0945. The monoisotopic (exact) mass is 284 g/mol. The number of pyridine rings is 2. The molecule has 0 saturated carbocycles. The van der Waals surface area contributed by atoms with E-state index in [-0.39, 0.29) is 5.91 Å². The molecular weight excluding hydrogens is 264 g/mol. The molecule has 1 amide bonds. The van der Waals surface area contributed by atoms with Gasteiger partial charge in [-0.25, -0.2) is 4.98 Å². The summed E-state index contributed by atoms with van der Waals surface area (Å²) in [6, 6.07) is 9.20. The lowest BCUT2D eigenvalue weighted by atomic mass is 10.3. The van der Waals surface area contributed by atoms with Crippen molar-refractivity contribution >= 4 is 11.6 Å². The molecule has 2 N–H and O–H groups in total. The Bertz CT molecular complexity index is 554. The van der Waals surface area contributed by atoms with E-state index >= 15 is 0 Å². The lowest BCUT2D eigenvalue weighted by Crippen LogP contribution is -2.24. The smallest absolute Gasteiger partial charge is 0.270 e. The van der Waals surface area contributed by atoms with Crippen LogP contribution in [0.15, 0.2) is 42.7 Å². The highest BCUT2D eigenvalue weighted by Gasteiger charge is 2.06. The second-order valence-electron chi connectivity index (χ2n) is 4.72. The van der Waals surface area contributed by atoms with E-state index in [1.165, 1.54) is 0 Å². The summed E-state index contributed by atoms with van der Waals surface area (Å²) >= 11 is 0. The van der Waals surface area contributed by atoms with E-state index in [0.717, 1.165) is 30.8 Å². The van der Waals surface area contributed by atoms with Crippen LogP contribution in [0.25, 0.3) is 0 Å². The second kappa shape index (κ2) is 7.99. The van der Waals surface area contributed by atoms with E-state index in [2.05, 4.69) is 27.5 Å². The normalized spacial score (nSPS) is 10.1. The standard InChI is InChI=1S/C16H20N4O/c1-2-3-9-17-14-7-8-15(19-11-14)16(21)20-12-13-6-4-5-10-18-13/h4-8,10-11,17H,2-3,9,12H2,1H3,(H,20,21). The first-order chi connectivity index (χ1) is 10.3. The summed E-state index contributed by atoms with van der Waals surface area (Å²) in [7, 11) is 0. The van der Waals surface area contributed by atoms with E-state index in [0.29, 0.717) is 12.2 Å². The summed E-state index contributed by atoms with van der Waals surface area (Å²) in [5, 5.41) is 6.07. The molecule has 0 spiro atoms. The Kier molecular flexibility index (Phi) is 5.70. The molecule has 5 heteroatoms. The Morgan fingerprint density at radius 1 is 1.19 bits per heavy atom. The molecule has 0 atom stereocenters. The van der Waals surface area contributed by atoms with Crippen LogP contribution < -0.4 is 10.6 Å². The van der Waals surface area contributed by atoms with Crippen molar-refractivity contribution in [3.8, 4) is 0 Å². The molecule has 0 aliphatic carbocycles. The number of amides is 1. The molecule has 0 aliphatic heterocycles. The Labute approximate surface area is 124 Å². The Hall–Kier alpha value is -2.43. The molecule has 0 fully saturated rings. The van der Waals surface area contributed by atoms with Gasteiger partial charge in [0.05, 0.1) is 24.1 Å². The van der Waals surface area contributed by atoms with Gasteiger partial charge in [0.15, 0.2) is 0 Å². The van der Waals surface area contributed by atoms with Crippen molar-refractivity contribution in [2.45, 2.75) is 26.3 Å². The fourth-order valence-electron chi connectivity index (χ4n) is 1.81. The average Bonchev–Trinajstić information content (AvgIpc) is 2.54. The van der Waals surface area contributed by atoms with Crippen molar-refractivity contribution < 1.29 is 4.79 Å². The minimum absolute atomic E-state index is 0.194. The highest BCUT2D eigenvalue weighted by atomic mass is 16.1. The molecule has 0 aromatic carbocycles. The largest absolute Gasteiger partial charge is 0.384 e. The maximum absolute atomic E-state index is 12.0. The number of nitrogens with zero attached hydrogens (tertiary/aromatic N) is 2. The van der Waals surface area contributed by atoms with Crippen LogP contribution in [0.1, 0.15) is 35.9 Å². The van der Waals surface area contributed by atoms with Crippen molar-refractivity contribution in [1.29, 1.82) is 0 Å². The molecule has 0 aliphatic rings. The van der Waals surface area contributed by atoms with E-state index in [9.17, 15) is 4.79 Å². The molecular formula is C16H20N4O. The molecule has 2 heterocycles. The van der Waals surface area contributed by atoms with Gasteiger partial charge >= 0.3 is 0 Å². The summed E-state index contributed by atoms with van der Waals surface area (Å²) in [6.07, 6.45) is 5.66. The van der Waals surface area contributed by atoms with Gasteiger partial charge in [-0.2, -0.15) is 0 Å². The zero-order chi connectivity index (χ0) is 14.9. The fraction of sp³-hybridized carbons (Fsp3) is 0.312. The third-order valence-corrected chi connectivity index (χ3v) is 3.01. The van der Waals surface area contributed by atoms with Crippen LogP contribution in [0.3, 0.4) is 0 Å². The number of carbonyl (C=O) groups is 1. The SMILES string of the molecule is CCCCNc1ccc(C(=O)NCc2ccccn2)nc1. The van der Waals surface area contributed by atoms with Crippen LogP contribution in [-0.4, -0.2) is 22.4 Å². The third kappa shape index (κ3) is 4.87. The van der Waals surface area contributed by atoms with Gasteiger partial charge in [-0.05, 0) is 30.7 Å². The van der Waals surface area contributed by atoms with E-state index in [4.69, 9.17) is 0 Å². The van der Waals surface area contributed by atoms with Gasteiger partial charge in [-0.15, -0.1) is 0 Å². The van der Waals surface area contributed by atoms with Gasteiger partial charge in [0, 0.05) is 12.7 Å². The topological polar surface area (TPSA) is 66.9 Å². The Morgan fingerprint density at radius 3 is 2.76 bits per heavy atom. The number of aromatic nitrogens is 2. The predicted octanol–water partition coefficient (Wildman–Crippen LogP) is 2.62. The van der Waals surface area contributed by atoms with Gasteiger partial charge in [-0.3, -0.25) is 9.78 Å². The summed E-state index contributed by atoms with van der Waals surface area (Å²) in [6.45, 7) is 3.47. The zero-order valence-corrected chi connectivity index (χ0v) is 12.2. The summed E-state index contributed by atoms with van der Waals surface area (Å²) < 4.78 is 0. The van der Waals surface area contributed by atoms with Crippen LogP contribution in [-0.2, 0) is 6.54 Å². The fourth-order valence-corrected chi connectivity index (χ4v) is 1.81. The summed E-state index contributed by atoms with van der Waals surface area (Å²) in [4.78, 5) is 20.3. The van der Waals surface area contributed by atoms with Gasteiger partial charge in [0.1, 0.15) is 5.69 Å². The number of nitrogens with one attached hydrogen (secondary N) is 2. The Balaban J connectivity index is 1.85. The van der Waals surface area contributed by atoms with Crippen molar-refractivity contribution in [3.63, 3.8) is 0 Å². The van der Waals surface area contributed by atoms with Crippen molar-refractivity contribution in [1.82, 2.24) is 15.3 Å². The van der Waals surface area contributed by atoms with Gasteiger partial charge in [0.25, 0.3) is 5.91 Å². The number of carbonyl (C=O) groups excluding carboxylic acids is 1.